The van der Waals surface area contributed by atoms with Crippen molar-refractivity contribution in [1.82, 2.24) is 25.1 Å². The molecule has 2 N–H and O–H groups in total. The topological polar surface area (TPSA) is 113 Å². The predicted molar refractivity (Wildman–Crippen MR) is 140 cm³/mol. The van der Waals surface area contributed by atoms with E-state index >= 15 is 0 Å². The van der Waals surface area contributed by atoms with Crippen molar-refractivity contribution in [2.24, 2.45) is 0 Å². The summed E-state index contributed by atoms with van der Waals surface area (Å²) in [5, 5.41) is 10.7. The molecule has 0 bridgehead atoms. The molecule has 2 aromatic heterocycles. The van der Waals surface area contributed by atoms with Crippen molar-refractivity contribution in [3.8, 4) is 5.75 Å². The molecule has 212 valence electrons. The minimum atomic E-state index is -4.54. The van der Waals surface area contributed by atoms with Gasteiger partial charge in [0.15, 0.2) is 0 Å². The second-order valence-electron chi connectivity index (χ2n) is 10.2. The van der Waals surface area contributed by atoms with Crippen LogP contribution in [0.25, 0.3) is 10.8 Å². The third-order valence-electron chi connectivity index (χ3n) is 7.31. The molecule has 1 saturated heterocycles. The number of carbonyl (C=O) groups excluding carboxylic acids is 1. The summed E-state index contributed by atoms with van der Waals surface area (Å²) in [5.41, 5.74) is -0.245. The molecule has 4 aromatic rings. The number of carbonyl (C=O) groups is 1. The molecule has 1 saturated carbocycles. The summed E-state index contributed by atoms with van der Waals surface area (Å²) in [5.74, 6) is -0.554. The minimum absolute atomic E-state index is 0.00477. The molecule has 2 fully saturated rings. The average Bonchev–Trinajstić information content (AvgIpc) is 2.90. The van der Waals surface area contributed by atoms with E-state index in [1.165, 1.54) is 17.0 Å². The summed E-state index contributed by atoms with van der Waals surface area (Å²) in [6.45, 7) is 0.394. The second kappa shape index (κ2) is 10.5. The molecule has 13 heteroatoms. The maximum atomic E-state index is 14.7. The highest BCUT2D eigenvalue weighted by molar-refractivity contribution is 5.95. The Morgan fingerprint density at radius 3 is 2.51 bits per heavy atom. The van der Waals surface area contributed by atoms with Crippen molar-refractivity contribution >= 4 is 22.6 Å². The normalized spacial score (nSPS) is 15.9. The number of nitrogens with zero attached hydrogens (tertiary/aromatic N) is 4. The number of H-pyrrole nitrogens is 1. The molecule has 9 nitrogen and oxygen atoms in total. The molecule has 2 aliphatic rings. The van der Waals surface area contributed by atoms with Crippen LogP contribution >= 0.6 is 0 Å². The molecule has 2 aromatic carbocycles. The Hall–Kier alpha value is -4.55. The van der Waals surface area contributed by atoms with E-state index in [4.69, 9.17) is 4.74 Å². The average molecular weight is 569 g/mol. The van der Waals surface area contributed by atoms with E-state index in [9.17, 15) is 27.2 Å². The summed E-state index contributed by atoms with van der Waals surface area (Å²) in [7, 11) is 0. The van der Waals surface area contributed by atoms with Crippen LogP contribution in [-0.2, 0) is 12.6 Å². The van der Waals surface area contributed by atoms with Gasteiger partial charge in [-0.3, -0.25) is 9.59 Å². The van der Waals surface area contributed by atoms with E-state index in [1.54, 1.807) is 24.3 Å². The maximum absolute atomic E-state index is 14.7. The fourth-order valence-corrected chi connectivity index (χ4v) is 4.77. The van der Waals surface area contributed by atoms with Gasteiger partial charge in [-0.05, 0) is 55.2 Å². The standard InChI is InChI=1S/C28H24F4N6O3/c29-23-7-4-15(9-24-21-10-19(41-18-2-1-3-18)5-6-20(21)25(39)37-36-24)8-22(23)26(40)38-13-17(14-38)35-27-33-11-16(12-34-27)28(30,31)32/h4-8,10-12,17-18H,1-3,9,13-14H2,(H,37,39)(H,33,34,35). The van der Waals surface area contributed by atoms with E-state index in [0.29, 0.717) is 40.2 Å². The number of anilines is 1. The highest BCUT2D eigenvalue weighted by Crippen LogP contribution is 2.30. The monoisotopic (exact) mass is 568 g/mol. The number of aromatic amines is 1. The van der Waals surface area contributed by atoms with Gasteiger partial charge in [-0.1, -0.05) is 6.07 Å². The van der Waals surface area contributed by atoms with Gasteiger partial charge in [-0.25, -0.2) is 19.5 Å². The SMILES string of the molecule is O=C(c1cc(Cc2n[nH]c(=O)c3ccc(OC4CCC4)cc23)ccc1F)N1CC(Nc2ncc(C(F)(F)F)cn2)C1. The Labute approximate surface area is 230 Å². The van der Waals surface area contributed by atoms with E-state index in [1.807, 2.05) is 0 Å². The summed E-state index contributed by atoms with van der Waals surface area (Å²) in [6, 6.07) is 9.17. The van der Waals surface area contributed by atoms with Crippen molar-refractivity contribution in [2.75, 3.05) is 18.4 Å². The number of nitrogens with one attached hydrogen (secondary N) is 2. The van der Waals surface area contributed by atoms with Crippen LogP contribution in [0.5, 0.6) is 5.75 Å². The molecule has 0 unspecified atom stereocenters. The zero-order valence-electron chi connectivity index (χ0n) is 21.5. The van der Waals surface area contributed by atoms with Crippen molar-refractivity contribution < 1.29 is 27.1 Å². The summed E-state index contributed by atoms with van der Waals surface area (Å²) in [6.07, 6.45) is 0.318. The fraction of sp³-hybridized carbons (Fsp3) is 0.321. The summed E-state index contributed by atoms with van der Waals surface area (Å²) in [4.78, 5) is 34.2. The molecule has 41 heavy (non-hydrogen) atoms. The molecular weight excluding hydrogens is 544 g/mol. The zero-order chi connectivity index (χ0) is 28.7. The smallest absolute Gasteiger partial charge is 0.419 e. The van der Waals surface area contributed by atoms with Crippen molar-refractivity contribution in [3.63, 3.8) is 0 Å². The first-order chi connectivity index (χ1) is 19.6. The van der Waals surface area contributed by atoms with Crippen molar-refractivity contribution in [1.29, 1.82) is 0 Å². The van der Waals surface area contributed by atoms with E-state index in [-0.39, 0.29) is 48.7 Å². The number of likely N-dealkylation sites (tertiary alicyclic amines) is 1. The molecule has 6 rings (SSSR count). The highest BCUT2D eigenvalue weighted by atomic mass is 19.4. The molecule has 0 radical (unpaired) electrons. The maximum Gasteiger partial charge on any atom is 0.419 e. The van der Waals surface area contributed by atoms with Crippen LogP contribution < -0.4 is 15.6 Å². The lowest BCUT2D eigenvalue weighted by Crippen LogP contribution is -2.57. The number of alkyl halides is 3. The van der Waals surface area contributed by atoms with Crippen LogP contribution in [0.4, 0.5) is 23.5 Å². The molecule has 0 atom stereocenters. The molecular formula is C28H24F4N6O3. The Bertz CT molecular complexity index is 1660. The molecule has 3 heterocycles. The van der Waals surface area contributed by atoms with Gasteiger partial charge in [0.2, 0.25) is 5.95 Å². The van der Waals surface area contributed by atoms with Crippen LogP contribution in [0.2, 0.25) is 0 Å². The number of amides is 1. The molecule has 1 aliphatic heterocycles. The van der Waals surface area contributed by atoms with Crippen LogP contribution in [-0.4, -0.2) is 56.2 Å². The Morgan fingerprint density at radius 1 is 1.07 bits per heavy atom. The number of aromatic nitrogens is 4. The molecule has 1 amide bonds. The third-order valence-corrected chi connectivity index (χ3v) is 7.31. The molecule has 1 aliphatic carbocycles. The number of ether oxygens (including phenoxy) is 1. The predicted octanol–water partition coefficient (Wildman–Crippen LogP) is 4.33. The number of rotatable bonds is 7. The van der Waals surface area contributed by atoms with Crippen molar-refractivity contribution in [2.45, 2.75) is 44.0 Å². The Morgan fingerprint density at radius 2 is 1.83 bits per heavy atom. The number of halogens is 4. The first-order valence-corrected chi connectivity index (χ1v) is 13.1. The first kappa shape index (κ1) is 26.7. The van der Waals surface area contributed by atoms with E-state index < -0.39 is 23.5 Å². The Kier molecular flexibility index (Phi) is 6.80. The quantitative estimate of drug-likeness (QED) is 0.319. The molecule has 0 spiro atoms. The number of hydrogen-bond acceptors (Lipinski definition) is 7. The summed E-state index contributed by atoms with van der Waals surface area (Å²) < 4.78 is 58.8. The Balaban J connectivity index is 1.14. The lowest BCUT2D eigenvalue weighted by atomic mass is 9.96. The van der Waals surface area contributed by atoms with Crippen LogP contribution in [0, 0.1) is 5.82 Å². The summed E-state index contributed by atoms with van der Waals surface area (Å²) >= 11 is 0. The number of benzene rings is 2. The fourth-order valence-electron chi connectivity index (χ4n) is 4.77. The number of fused-ring (bicyclic) bond motifs is 1. The van der Waals surface area contributed by atoms with Gasteiger partial charge in [0.25, 0.3) is 11.5 Å². The number of hydrogen-bond donors (Lipinski definition) is 2. The lowest BCUT2D eigenvalue weighted by Gasteiger charge is -2.39. The van der Waals surface area contributed by atoms with Gasteiger partial charge in [-0.2, -0.15) is 18.3 Å². The van der Waals surface area contributed by atoms with Gasteiger partial charge >= 0.3 is 6.18 Å². The van der Waals surface area contributed by atoms with Gasteiger partial charge in [0.05, 0.1) is 34.4 Å². The highest BCUT2D eigenvalue weighted by Gasteiger charge is 2.34. The van der Waals surface area contributed by atoms with E-state index in [0.717, 1.165) is 19.3 Å². The van der Waals surface area contributed by atoms with Crippen LogP contribution in [0.1, 0.15) is 46.4 Å². The lowest BCUT2D eigenvalue weighted by molar-refractivity contribution is -0.138. The van der Waals surface area contributed by atoms with Gasteiger partial charge in [-0.15, -0.1) is 0 Å². The minimum Gasteiger partial charge on any atom is -0.490 e. The van der Waals surface area contributed by atoms with Gasteiger partial charge < -0.3 is 15.0 Å². The van der Waals surface area contributed by atoms with Gasteiger partial charge in [0.1, 0.15) is 11.6 Å². The van der Waals surface area contributed by atoms with E-state index in [2.05, 4.69) is 25.5 Å². The third kappa shape index (κ3) is 5.56. The first-order valence-electron chi connectivity index (χ1n) is 13.1. The van der Waals surface area contributed by atoms with Crippen LogP contribution in [0.3, 0.4) is 0 Å². The van der Waals surface area contributed by atoms with Gasteiger partial charge in [0, 0.05) is 37.3 Å². The largest absolute Gasteiger partial charge is 0.490 e. The second-order valence-corrected chi connectivity index (χ2v) is 10.2. The van der Waals surface area contributed by atoms with Crippen LogP contribution in [0.15, 0.2) is 53.6 Å². The zero-order valence-corrected chi connectivity index (χ0v) is 21.5. The van der Waals surface area contributed by atoms with Crippen molar-refractivity contribution in [3.05, 3.63) is 87.3 Å².